The van der Waals surface area contributed by atoms with Crippen LogP contribution in [0.3, 0.4) is 0 Å². The highest BCUT2D eigenvalue weighted by Gasteiger charge is 2.12. The van der Waals surface area contributed by atoms with E-state index in [1.54, 1.807) is 12.1 Å². The van der Waals surface area contributed by atoms with Crippen LogP contribution in [0.15, 0.2) is 38.8 Å². The number of benzene rings is 1. The highest BCUT2D eigenvalue weighted by atomic mass is 32.2. The van der Waals surface area contributed by atoms with Crippen LogP contribution in [0.4, 0.5) is 0 Å². The fourth-order valence-corrected chi connectivity index (χ4v) is 2.49. The fourth-order valence-electron chi connectivity index (χ4n) is 1.36. The van der Waals surface area contributed by atoms with Gasteiger partial charge in [-0.1, -0.05) is 11.8 Å². The van der Waals surface area contributed by atoms with Gasteiger partial charge in [0.05, 0.1) is 10.6 Å². The number of hydrogen-bond acceptors (Lipinski definition) is 7. The van der Waals surface area contributed by atoms with E-state index in [-0.39, 0.29) is 21.8 Å². The van der Waals surface area contributed by atoms with Crippen LogP contribution in [-0.4, -0.2) is 36.5 Å². The van der Waals surface area contributed by atoms with Crippen molar-refractivity contribution < 1.29 is 17.6 Å². The highest BCUT2D eigenvalue weighted by molar-refractivity contribution is 7.99. The summed E-state index contributed by atoms with van der Waals surface area (Å²) in [4.78, 5) is 10.8. The van der Waals surface area contributed by atoms with E-state index in [4.69, 9.17) is 10.2 Å². The molecule has 0 spiro atoms. The zero-order chi connectivity index (χ0) is 14.8. The lowest BCUT2D eigenvalue weighted by molar-refractivity contribution is -0.115. The number of hydrogen-bond donors (Lipinski definition) is 1. The lowest BCUT2D eigenvalue weighted by Crippen LogP contribution is -2.12. The van der Waals surface area contributed by atoms with Crippen molar-refractivity contribution in [3.63, 3.8) is 0 Å². The molecule has 7 nitrogen and oxygen atoms in total. The standard InChI is InChI=1S/C11H11N3O4S2/c1-20(16,17)8-4-2-7(3-5-8)10-13-14-11(18-10)19-6-9(12)15/h2-5H,6H2,1H3,(H2,12,15). The summed E-state index contributed by atoms with van der Waals surface area (Å²) < 4.78 is 28.0. The molecular weight excluding hydrogens is 302 g/mol. The number of carbonyl (C=O) groups excluding carboxylic acids is 1. The van der Waals surface area contributed by atoms with Gasteiger partial charge in [-0.25, -0.2) is 8.42 Å². The third-order valence-electron chi connectivity index (χ3n) is 2.27. The second kappa shape index (κ2) is 5.63. The van der Waals surface area contributed by atoms with Crippen molar-refractivity contribution in [1.82, 2.24) is 10.2 Å². The van der Waals surface area contributed by atoms with Gasteiger partial charge in [0.25, 0.3) is 5.22 Å². The molecule has 0 unspecified atom stereocenters. The number of nitrogens with two attached hydrogens (primary N) is 1. The number of carbonyl (C=O) groups is 1. The molecule has 0 aliphatic rings. The van der Waals surface area contributed by atoms with Crippen molar-refractivity contribution in [2.75, 3.05) is 12.0 Å². The van der Waals surface area contributed by atoms with Crippen LogP contribution in [0.25, 0.3) is 11.5 Å². The maximum absolute atomic E-state index is 11.3. The number of rotatable bonds is 5. The molecule has 0 aliphatic heterocycles. The quantitative estimate of drug-likeness (QED) is 0.808. The lowest BCUT2D eigenvalue weighted by Gasteiger charge is -1.98. The summed E-state index contributed by atoms with van der Waals surface area (Å²) in [5.41, 5.74) is 5.60. The van der Waals surface area contributed by atoms with Crippen molar-refractivity contribution in [1.29, 1.82) is 0 Å². The average Bonchev–Trinajstić information content (AvgIpc) is 2.84. The Balaban J connectivity index is 2.18. The smallest absolute Gasteiger partial charge is 0.277 e. The predicted molar refractivity (Wildman–Crippen MR) is 72.8 cm³/mol. The molecule has 0 radical (unpaired) electrons. The van der Waals surface area contributed by atoms with E-state index < -0.39 is 15.7 Å². The molecule has 1 aromatic heterocycles. The Bertz CT molecular complexity index is 722. The van der Waals surface area contributed by atoms with Gasteiger partial charge in [0.2, 0.25) is 11.8 Å². The first kappa shape index (κ1) is 14.5. The Labute approximate surface area is 119 Å². The van der Waals surface area contributed by atoms with Crippen molar-refractivity contribution in [2.24, 2.45) is 5.73 Å². The van der Waals surface area contributed by atoms with E-state index >= 15 is 0 Å². The van der Waals surface area contributed by atoms with Crippen LogP contribution < -0.4 is 5.73 Å². The maximum atomic E-state index is 11.3. The summed E-state index contributed by atoms with van der Waals surface area (Å²) in [5.74, 6) is -0.182. The first-order valence-electron chi connectivity index (χ1n) is 5.41. The molecule has 0 atom stereocenters. The number of primary amides is 1. The van der Waals surface area contributed by atoms with Crippen LogP contribution in [0.2, 0.25) is 0 Å². The van der Waals surface area contributed by atoms with E-state index in [9.17, 15) is 13.2 Å². The molecule has 106 valence electrons. The van der Waals surface area contributed by atoms with Gasteiger partial charge < -0.3 is 10.2 Å². The van der Waals surface area contributed by atoms with Gasteiger partial charge >= 0.3 is 0 Å². The summed E-state index contributed by atoms with van der Waals surface area (Å²) in [5, 5.41) is 7.80. The number of sulfone groups is 1. The molecule has 0 bridgehead atoms. The average molecular weight is 313 g/mol. The van der Waals surface area contributed by atoms with Gasteiger partial charge in [-0.3, -0.25) is 4.79 Å². The van der Waals surface area contributed by atoms with Crippen molar-refractivity contribution in [3.8, 4) is 11.5 Å². The molecule has 1 aromatic carbocycles. The molecule has 20 heavy (non-hydrogen) atoms. The summed E-state index contributed by atoms with van der Waals surface area (Å²) in [6, 6.07) is 6.08. The van der Waals surface area contributed by atoms with E-state index in [0.29, 0.717) is 5.56 Å². The van der Waals surface area contributed by atoms with Crippen LogP contribution >= 0.6 is 11.8 Å². The Morgan fingerprint density at radius 2 is 1.95 bits per heavy atom. The summed E-state index contributed by atoms with van der Waals surface area (Å²) in [6.07, 6.45) is 1.13. The number of thioether (sulfide) groups is 1. The first-order valence-corrected chi connectivity index (χ1v) is 8.29. The second-order valence-electron chi connectivity index (χ2n) is 3.92. The number of nitrogens with zero attached hydrogens (tertiary/aromatic N) is 2. The van der Waals surface area contributed by atoms with Gasteiger partial charge in [-0.15, -0.1) is 10.2 Å². The topological polar surface area (TPSA) is 116 Å². The Morgan fingerprint density at radius 3 is 2.50 bits per heavy atom. The van der Waals surface area contributed by atoms with Crippen molar-refractivity contribution in [2.45, 2.75) is 10.1 Å². The van der Waals surface area contributed by atoms with Crippen molar-refractivity contribution in [3.05, 3.63) is 24.3 Å². The molecule has 0 fully saturated rings. The van der Waals surface area contributed by atoms with Gasteiger partial charge in [0, 0.05) is 11.8 Å². The van der Waals surface area contributed by atoms with Crippen LogP contribution in [-0.2, 0) is 14.6 Å². The minimum atomic E-state index is -3.24. The normalized spacial score (nSPS) is 11.4. The molecule has 2 rings (SSSR count). The molecule has 0 aliphatic carbocycles. The van der Waals surface area contributed by atoms with Crippen molar-refractivity contribution >= 4 is 27.5 Å². The van der Waals surface area contributed by atoms with Crippen LogP contribution in [0, 0.1) is 0 Å². The zero-order valence-corrected chi connectivity index (χ0v) is 12.1. The molecule has 0 saturated heterocycles. The summed E-state index contributed by atoms with van der Waals surface area (Å²) in [7, 11) is -3.24. The van der Waals surface area contributed by atoms with E-state index in [2.05, 4.69) is 10.2 Å². The zero-order valence-electron chi connectivity index (χ0n) is 10.4. The molecule has 2 aromatic rings. The third-order valence-corrected chi connectivity index (χ3v) is 4.24. The first-order chi connectivity index (χ1) is 9.36. The molecular formula is C11H11N3O4S2. The molecule has 1 heterocycles. The molecule has 2 N–H and O–H groups in total. The SMILES string of the molecule is CS(=O)(=O)c1ccc(-c2nnc(SCC(N)=O)o2)cc1. The lowest BCUT2D eigenvalue weighted by atomic mass is 10.2. The summed E-state index contributed by atoms with van der Waals surface area (Å²) in [6.45, 7) is 0. The van der Waals surface area contributed by atoms with E-state index in [1.807, 2.05) is 0 Å². The molecule has 1 amide bonds. The largest absolute Gasteiger partial charge is 0.411 e. The Hall–Kier alpha value is -1.87. The van der Waals surface area contributed by atoms with Crippen LogP contribution in [0.1, 0.15) is 0 Å². The number of aromatic nitrogens is 2. The minimum absolute atomic E-state index is 0.0502. The maximum Gasteiger partial charge on any atom is 0.277 e. The van der Waals surface area contributed by atoms with Gasteiger partial charge in [0.15, 0.2) is 9.84 Å². The Kier molecular flexibility index (Phi) is 4.09. The Morgan fingerprint density at radius 1 is 1.30 bits per heavy atom. The fraction of sp³-hybridized carbons (Fsp3) is 0.182. The predicted octanol–water partition coefficient (Wildman–Crippen LogP) is 0.718. The number of amides is 1. The molecule has 9 heteroatoms. The van der Waals surface area contributed by atoms with Gasteiger partial charge in [-0.05, 0) is 24.3 Å². The second-order valence-corrected chi connectivity index (χ2v) is 6.87. The summed E-state index contributed by atoms with van der Waals surface area (Å²) >= 11 is 1.04. The monoisotopic (exact) mass is 313 g/mol. The minimum Gasteiger partial charge on any atom is -0.411 e. The van der Waals surface area contributed by atoms with E-state index in [0.717, 1.165) is 18.0 Å². The third kappa shape index (κ3) is 3.58. The van der Waals surface area contributed by atoms with Gasteiger partial charge in [-0.2, -0.15) is 0 Å². The molecule has 0 saturated carbocycles. The van der Waals surface area contributed by atoms with Gasteiger partial charge in [0.1, 0.15) is 0 Å². The van der Waals surface area contributed by atoms with Crippen LogP contribution in [0.5, 0.6) is 0 Å². The highest BCUT2D eigenvalue weighted by Crippen LogP contribution is 2.24. The van der Waals surface area contributed by atoms with E-state index in [1.165, 1.54) is 12.1 Å².